The number of methoxy groups -OCH3 is 3. The van der Waals surface area contributed by atoms with Crippen molar-refractivity contribution in [2.75, 3.05) is 26.6 Å². The fraction of sp³-hybridized carbons (Fsp3) is 0.286. The van der Waals surface area contributed by atoms with Crippen LogP contribution < -0.4 is 29.3 Å². The van der Waals surface area contributed by atoms with Crippen LogP contribution in [0.5, 0.6) is 23.2 Å². The highest BCUT2D eigenvalue weighted by molar-refractivity contribution is 8.00. The number of amides is 1. The Morgan fingerprint density at radius 1 is 1.13 bits per heavy atom. The van der Waals surface area contributed by atoms with Gasteiger partial charge in [-0.15, -0.1) is 0 Å². The van der Waals surface area contributed by atoms with Crippen LogP contribution in [0.1, 0.15) is 13.3 Å². The Morgan fingerprint density at radius 3 is 2.42 bits per heavy atom. The van der Waals surface area contributed by atoms with Crippen LogP contribution in [0, 0.1) is 0 Å². The highest BCUT2D eigenvalue weighted by Crippen LogP contribution is 2.33. The predicted octanol–water partition coefficient (Wildman–Crippen LogP) is 2.56. The van der Waals surface area contributed by atoms with Crippen LogP contribution in [-0.4, -0.2) is 37.8 Å². The van der Waals surface area contributed by atoms with Crippen molar-refractivity contribution in [3.8, 4) is 28.9 Å². The third-order valence-electron chi connectivity index (χ3n) is 4.47. The highest BCUT2D eigenvalue weighted by Gasteiger charge is 2.29. The second-order valence-corrected chi connectivity index (χ2v) is 7.54. The number of carbonyl (C=O) groups excluding carboxylic acids is 1. The lowest BCUT2D eigenvalue weighted by Crippen LogP contribution is -2.36. The summed E-state index contributed by atoms with van der Waals surface area (Å²) in [6.07, 6.45) is 0.468. The Labute approximate surface area is 183 Å². The summed E-state index contributed by atoms with van der Waals surface area (Å²) < 4.78 is 21.9. The first kappa shape index (κ1) is 22.3. The molecule has 0 radical (unpaired) electrons. The SMILES string of the molecule is CCC(Sc1c([O-])on[n+]1-c1ccc(OC)cc1)C(=O)Nc1cc(OC)ccc1OC. The smallest absolute Gasteiger partial charge is 0.298 e. The molecule has 0 aliphatic rings. The Morgan fingerprint density at radius 2 is 1.81 bits per heavy atom. The summed E-state index contributed by atoms with van der Waals surface area (Å²) in [5.41, 5.74) is 1.08. The monoisotopic (exact) mass is 445 g/mol. The first-order valence-electron chi connectivity index (χ1n) is 9.43. The second kappa shape index (κ2) is 10.1. The average Bonchev–Trinajstić information content (AvgIpc) is 3.17. The van der Waals surface area contributed by atoms with Crippen molar-refractivity contribution >= 4 is 23.4 Å². The van der Waals surface area contributed by atoms with Crippen LogP contribution in [0.3, 0.4) is 0 Å². The molecule has 0 saturated heterocycles. The molecule has 10 heteroatoms. The summed E-state index contributed by atoms with van der Waals surface area (Å²) in [7, 11) is 4.62. The normalized spacial score (nSPS) is 11.6. The molecule has 1 atom stereocenters. The van der Waals surface area contributed by atoms with Gasteiger partial charge < -0.3 is 29.2 Å². The molecule has 1 N–H and O–H groups in total. The van der Waals surface area contributed by atoms with Gasteiger partial charge in [0.25, 0.3) is 5.03 Å². The fourth-order valence-corrected chi connectivity index (χ4v) is 3.78. The number of nitrogens with one attached hydrogen (secondary N) is 1. The Kier molecular flexibility index (Phi) is 7.24. The van der Waals surface area contributed by atoms with E-state index in [0.29, 0.717) is 35.0 Å². The van der Waals surface area contributed by atoms with Crippen LogP contribution in [0.25, 0.3) is 5.69 Å². The third-order valence-corrected chi connectivity index (χ3v) is 5.87. The van der Waals surface area contributed by atoms with Gasteiger partial charge in [-0.25, -0.2) is 0 Å². The number of carbonyl (C=O) groups is 1. The van der Waals surface area contributed by atoms with E-state index in [9.17, 15) is 9.90 Å². The molecule has 3 rings (SSSR count). The molecule has 164 valence electrons. The number of rotatable bonds is 9. The zero-order valence-electron chi connectivity index (χ0n) is 17.6. The molecule has 31 heavy (non-hydrogen) atoms. The third kappa shape index (κ3) is 5.02. The van der Waals surface area contributed by atoms with Gasteiger partial charge in [0, 0.05) is 18.2 Å². The van der Waals surface area contributed by atoms with E-state index in [2.05, 4.69) is 10.6 Å². The lowest BCUT2D eigenvalue weighted by atomic mass is 10.2. The average molecular weight is 445 g/mol. The van der Waals surface area contributed by atoms with Crippen molar-refractivity contribution < 1.29 is 33.3 Å². The second-order valence-electron chi connectivity index (χ2n) is 6.35. The van der Waals surface area contributed by atoms with Gasteiger partial charge in [0.05, 0.1) is 37.5 Å². The summed E-state index contributed by atoms with van der Waals surface area (Å²) in [6, 6.07) is 12.1. The number of hydrogen-bond donors (Lipinski definition) is 1. The van der Waals surface area contributed by atoms with Gasteiger partial charge in [0.2, 0.25) is 11.6 Å². The van der Waals surface area contributed by atoms with Gasteiger partial charge in [-0.1, -0.05) is 6.92 Å². The van der Waals surface area contributed by atoms with Crippen LogP contribution in [-0.2, 0) is 4.79 Å². The molecule has 3 aromatic rings. The summed E-state index contributed by atoms with van der Waals surface area (Å²) in [5.74, 6) is 0.834. The van der Waals surface area contributed by atoms with Gasteiger partial charge in [-0.05, 0) is 47.1 Å². The summed E-state index contributed by atoms with van der Waals surface area (Å²) in [6.45, 7) is 1.86. The molecular weight excluding hydrogens is 422 g/mol. The number of hydrogen-bond acceptors (Lipinski definition) is 8. The van der Waals surface area contributed by atoms with Crippen LogP contribution in [0.15, 0.2) is 52.0 Å². The molecule has 0 saturated carbocycles. The van der Waals surface area contributed by atoms with Crippen molar-refractivity contribution in [1.82, 2.24) is 5.27 Å². The molecular formula is C21H23N3O6S. The standard InChI is InChI=1S/C21H23N3O6S/c1-5-18(19(25)22-16-12-15(28-3)10-11-17(16)29-4)31-20-21(26)30-23-24(20)13-6-8-14(27-2)9-7-13/h6-12,18H,5H2,1-4H3,(H-,22,23,25,26). The molecule has 1 heterocycles. The highest BCUT2D eigenvalue weighted by atomic mass is 32.2. The lowest BCUT2D eigenvalue weighted by Gasteiger charge is -2.15. The Bertz CT molecular complexity index is 1040. The van der Waals surface area contributed by atoms with E-state index in [0.717, 1.165) is 11.8 Å². The number of anilines is 1. The minimum absolute atomic E-state index is 0.199. The number of ether oxygens (including phenoxy) is 3. The summed E-state index contributed by atoms with van der Waals surface area (Å²) in [4.78, 5) is 13.0. The Hall–Kier alpha value is -3.40. The van der Waals surface area contributed by atoms with Gasteiger partial charge >= 0.3 is 0 Å². The molecule has 1 aromatic heterocycles. The number of aromatic nitrogens is 2. The zero-order chi connectivity index (χ0) is 22.4. The van der Waals surface area contributed by atoms with Crippen molar-refractivity contribution in [2.24, 2.45) is 0 Å². The van der Waals surface area contributed by atoms with Gasteiger partial charge in [0.1, 0.15) is 17.2 Å². The first-order chi connectivity index (χ1) is 15.0. The minimum Gasteiger partial charge on any atom is -0.538 e. The first-order valence-corrected chi connectivity index (χ1v) is 10.3. The fourth-order valence-electron chi connectivity index (χ4n) is 2.81. The van der Waals surface area contributed by atoms with Gasteiger partial charge in [-0.2, -0.15) is 0 Å². The van der Waals surface area contributed by atoms with Crippen molar-refractivity contribution in [3.63, 3.8) is 0 Å². The molecule has 0 bridgehead atoms. The largest absolute Gasteiger partial charge is 0.538 e. The maximum atomic E-state index is 13.0. The van der Waals surface area contributed by atoms with Crippen molar-refractivity contribution in [3.05, 3.63) is 42.5 Å². The van der Waals surface area contributed by atoms with Gasteiger partial charge in [-0.3, -0.25) is 4.79 Å². The molecule has 1 amide bonds. The molecule has 0 fully saturated rings. The lowest BCUT2D eigenvalue weighted by molar-refractivity contribution is -0.705. The maximum Gasteiger partial charge on any atom is 0.298 e. The van der Waals surface area contributed by atoms with E-state index in [-0.39, 0.29) is 10.9 Å². The van der Waals surface area contributed by atoms with Crippen LogP contribution >= 0.6 is 11.8 Å². The molecule has 0 aliphatic carbocycles. The van der Waals surface area contributed by atoms with E-state index in [1.54, 1.807) is 49.6 Å². The predicted molar refractivity (Wildman–Crippen MR) is 112 cm³/mol. The van der Waals surface area contributed by atoms with Gasteiger partial charge in [0.15, 0.2) is 5.95 Å². The van der Waals surface area contributed by atoms with Crippen LogP contribution in [0.2, 0.25) is 0 Å². The maximum absolute atomic E-state index is 13.0. The van der Waals surface area contributed by atoms with Crippen LogP contribution in [0.4, 0.5) is 5.69 Å². The van der Waals surface area contributed by atoms with E-state index in [4.69, 9.17) is 18.7 Å². The zero-order valence-corrected chi connectivity index (χ0v) is 18.4. The minimum atomic E-state index is -0.619. The number of benzene rings is 2. The van der Waals surface area contributed by atoms with Crippen molar-refractivity contribution in [2.45, 2.75) is 23.6 Å². The topological polar surface area (TPSA) is 110 Å². The molecule has 2 aromatic carbocycles. The van der Waals surface area contributed by atoms with E-state index in [1.807, 2.05) is 6.92 Å². The van der Waals surface area contributed by atoms with E-state index < -0.39 is 11.2 Å². The van der Waals surface area contributed by atoms with E-state index in [1.165, 1.54) is 18.9 Å². The molecule has 9 nitrogen and oxygen atoms in total. The molecule has 0 spiro atoms. The Balaban J connectivity index is 1.83. The molecule has 1 unspecified atom stereocenters. The number of thioether (sulfide) groups is 1. The summed E-state index contributed by atoms with van der Waals surface area (Å²) >= 11 is 1.08. The number of nitrogens with zero attached hydrogens (tertiary/aromatic N) is 2. The van der Waals surface area contributed by atoms with Crippen molar-refractivity contribution in [1.29, 1.82) is 0 Å². The summed E-state index contributed by atoms with van der Waals surface area (Å²) in [5, 5.41) is 18.6. The molecule has 0 aliphatic heterocycles. The quantitative estimate of drug-likeness (QED) is 0.395. The van der Waals surface area contributed by atoms with E-state index >= 15 is 0 Å².